The van der Waals surface area contributed by atoms with Crippen LogP contribution < -0.4 is 15.4 Å². The molecule has 8 heteroatoms. The zero-order valence-corrected chi connectivity index (χ0v) is 17.5. The van der Waals surface area contributed by atoms with Gasteiger partial charge in [-0.1, -0.05) is 36.4 Å². The Kier molecular flexibility index (Phi) is 7.37. The summed E-state index contributed by atoms with van der Waals surface area (Å²) < 4.78 is 21.1. The van der Waals surface area contributed by atoms with Crippen LogP contribution in [0.15, 0.2) is 59.6 Å². The summed E-state index contributed by atoms with van der Waals surface area (Å²) in [4.78, 5) is 4.66. The molecule has 0 aliphatic rings. The molecule has 1 heterocycles. The Morgan fingerprint density at radius 1 is 1.13 bits per heavy atom. The van der Waals surface area contributed by atoms with E-state index in [-0.39, 0.29) is 11.9 Å². The number of halogens is 1. The lowest BCUT2D eigenvalue weighted by molar-refractivity contribution is 0.223. The summed E-state index contributed by atoms with van der Waals surface area (Å²) in [6.07, 6.45) is -0.187. The minimum Gasteiger partial charge on any atom is -0.489 e. The second-order valence-corrected chi connectivity index (χ2v) is 6.99. The highest BCUT2D eigenvalue weighted by Crippen LogP contribution is 2.13. The molecule has 7 nitrogen and oxygen atoms in total. The van der Waals surface area contributed by atoms with E-state index in [0.717, 1.165) is 17.2 Å². The highest BCUT2D eigenvalue weighted by Gasteiger charge is 2.09. The summed E-state index contributed by atoms with van der Waals surface area (Å²) in [7, 11) is 1.93. The van der Waals surface area contributed by atoms with Crippen molar-refractivity contribution in [3.8, 4) is 5.75 Å². The van der Waals surface area contributed by atoms with Gasteiger partial charge in [0.1, 0.15) is 23.5 Å². The molecule has 2 N–H and O–H groups in total. The first-order valence-electron chi connectivity index (χ1n) is 9.84. The first kappa shape index (κ1) is 21.3. The molecule has 1 unspecified atom stereocenters. The lowest BCUT2D eigenvalue weighted by Gasteiger charge is -2.18. The van der Waals surface area contributed by atoms with Gasteiger partial charge in [-0.2, -0.15) is 0 Å². The van der Waals surface area contributed by atoms with Gasteiger partial charge in [-0.3, -0.25) is 0 Å². The number of aliphatic imine (C=N–C) groups is 1. The molecule has 0 radical (unpaired) electrons. The van der Waals surface area contributed by atoms with Crippen LogP contribution in [0.4, 0.5) is 4.39 Å². The molecule has 0 amide bonds. The Bertz CT molecular complexity index is 973. The Balaban J connectivity index is 1.61. The van der Waals surface area contributed by atoms with Gasteiger partial charge in [0.2, 0.25) is 0 Å². The molecule has 0 fully saturated rings. The second-order valence-electron chi connectivity index (χ2n) is 6.99. The number of ether oxygens (including phenoxy) is 1. The number of hydrogen-bond donors (Lipinski definition) is 2. The molecule has 2 aromatic carbocycles. The second kappa shape index (κ2) is 10.4. The van der Waals surface area contributed by atoms with Gasteiger partial charge >= 0.3 is 0 Å². The van der Waals surface area contributed by atoms with Crippen LogP contribution in [0.3, 0.4) is 0 Å². The van der Waals surface area contributed by atoms with E-state index in [1.807, 2.05) is 55.8 Å². The van der Waals surface area contributed by atoms with E-state index in [1.54, 1.807) is 12.1 Å². The highest BCUT2D eigenvalue weighted by molar-refractivity contribution is 5.79. The van der Waals surface area contributed by atoms with Gasteiger partial charge in [-0.15, -0.1) is 10.2 Å². The Morgan fingerprint density at radius 3 is 2.63 bits per heavy atom. The van der Waals surface area contributed by atoms with Crippen LogP contribution in [0.25, 0.3) is 0 Å². The maximum absolute atomic E-state index is 13.4. The molecule has 0 aliphatic carbocycles. The van der Waals surface area contributed by atoms with Crippen molar-refractivity contribution < 1.29 is 9.13 Å². The zero-order valence-electron chi connectivity index (χ0n) is 17.5. The number of benzene rings is 2. The van der Waals surface area contributed by atoms with Gasteiger partial charge in [0.05, 0.1) is 19.6 Å². The number of hydrogen-bond acceptors (Lipinski definition) is 4. The van der Waals surface area contributed by atoms with Crippen molar-refractivity contribution in [3.63, 3.8) is 0 Å². The number of aromatic nitrogens is 3. The Hall–Kier alpha value is -3.42. The molecule has 1 atom stereocenters. The van der Waals surface area contributed by atoms with Crippen LogP contribution in [0, 0.1) is 12.7 Å². The standard InChI is InChI=1S/C22H27FN6O/c1-16(30-20-11-7-10-19(23)12-20)13-24-22(25-14-18-8-5-4-6-9-18)26-15-21-28-27-17(2)29(21)3/h4-12,16H,13-15H2,1-3H3,(H2,24,25,26). The summed E-state index contributed by atoms with van der Waals surface area (Å²) in [5.74, 6) is 2.47. The van der Waals surface area contributed by atoms with Crippen molar-refractivity contribution >= 4 is 5.96 Å². The van der Waals surface area contributed by atoms with E-state index in [4.69, 9.17) is 4.74 Å². The number of rotatable bonds is 8. The predicted octanol–water partition coefficient (Wildman–Crippen LogP) is 2.97. The van der Waals surface area contributed by atoms with E-state index in [2.05, 4.69) is 25.8 Å². The van der Waals surface area contributed by atoms with Crippen molar-refractivity contribution in [2.75, 3.05) is 6.54 Å². The third kappa shape index (κ3) is 6.30. The first-order valence-corrected chi connectivity index (χ1v) is 9.84. The van der Waals surface area contributed by atoms with Crippen LogP contribution in [0.1, 0.15) is 24.1 Å². The molecule has 0 spiro atoms. The minimum atomic E-state index is -0.321. The van der Waals surface area contributed by atoms with Crippen molar-refractivity contribution in [1.29, 1.82) is 0 Å². The molecule has 3 rings (SSSR count). The fraction of sp³-hybridized carbons (Fsp3) is 0.318. The summed E-state index contributed by atoms with van der Waals surface area (Å²) in [6.45, 7) is 5.34. The van der Waals surface area contributed by atoms with Gasteiger partial charge in [0.15, 0.2) is 11.8 Å². The molecule has 3 aromatic rings. The van der Waals surface area contributed by atoms with Gasteiger partial charge in [-0.05, 0) is 31.5 Å². The topological polar surface area (TPSA) is 76.4 Å². The molecule has 1 aromatic heterocycles. The monoisotopic (exact) mass is 410 g/mol. The third-order valence-electron chi connectivity index (χ3n) is 4.55. The van der Waals surface area contributed by atoms with Gasteiger partial charge in [0, 0.05) is 13.1 Å². The summed E-state index contributed by atoms with van der Waals surface area (Å²) in [6, 6.07) is 16.1. The van der Waals surface area contributed by atoms with Gasteiger partial charge in [0.25, 0.3) is 0 Å². The SMILES string of the molecule is Cc1nnc(CNC(=NCc2ccccc2)NCC(C)Oc2cccc(F)c2)n1C. The lowest BCUT2D eigenvalue weighted by atomic mass is 10.2. The molecule has 30 heavy (non-hydrogen) atoms. The largest absolute Gasteiger partial charge is 0.489 e. The maximum atomic E-state index is 13.4. The van der Waals surface area contributed by atoms with Crippen LogP contribution in [0.5, 0.6) is 5.75 Å². The fourth-order valence-electron chi connectivity index (χ4n) is 2.75. The average molecular weight is 410 g/mol. The van der Waals surface area contributed by atoms with E-state index >= 15 is 0 Å². The summed E-state index contributed by atoms with van der Waals surface area (Å²) >= 11 is 0. The molecule has 0 bridgehead atoms. The quantitative estimate of drug-likeness (QED) is 0.441. The Labute approximate surface area is 176 Å². The predicted molar refractivity (Wildman–Crippen MR) is 115 cm³/mol. The fourth-order valence-corrected chi connectivity index (χ4v) is 2.75. The summed E-state index contributed by atoms with van der Waals surface area (Å²) in [5.41, 5.74) is 1.11. The third-order valence-corrected chi connectivity index (χ3v) is 4.55. The van der Waals surface area contributed by atoms with Crippen LogP contribution >= 0.6 is 0 Å². The maximum Gasteiger partial charge on any atom is 0.192 e. The van der Waals surface area contributed by atoms with E-state index in [1.165, 1.54) is 12.1 Å². The van der Waals surface area contributed by atoms with Crippen molar-refractivity contribution in [2.24, 2.45) is 12.0 Å². The molecule has 158 valence electrons. The van der Waals surface area contributed by atoms with E-state index in [0.29, 0.717) is 31.3 Å². The van der Waals surface area contributed by atoms with E-state index < -0.39 is 0 Å². The van der Waals surface area contributed by atoms with E-state index in [9.17, 15) is 4.39 Å². The zero-order chi connectivity index (χ0) is 21.3. The first-order chi connectivity index (χ1) is 14.5. The molecular weight excluding hydrogens is 383 g/mol. The summed E-state index contributed by atoms with van der Waals surface area (Å²) in [5, 5.41) is 14.8. The van der Waals surface area contributed by atoms with Crippen molar-refractivity contribution in [3.05, 3.63) is 77.6 Å². The highest BCUT2D eigenvalue weighted by atomic mass is 19.1. The van der Waals surface area contributed by atoms with Crippen LogP contribution in [0.2, 0.25) is 0 Å². The van der Waals surface area contributed by atoms with Crippen molar-refractivity contribution in [1.82, 2.24) is 25.4 Å². The smallest absolute Gasteiger partial charge is 0.192 e. The molecule has 0 saturated carbocycles. The average Bonchev–Trinajstić information content (AvgIpc) is 3.06. The van der Waals surface area contributed by atoms with Gasteiger partial charge < -0.3 is 19.9 Å². The minimum absolute atomic E-state index is 0.187. The Morgan fingerprint density at radius 2 is 1.93 bits per heavy atom. The molecule has 0 saturated heterocycles. The number of aryl methyl sites for hydroxylation is 1. The number of guanidine groups is 1. The van der Waals surface area contributed by atoms with Crippen LogP contribution in [-0.2, 0) is 20.1 Å². The van der Waals surface area contributed by atoms with Gasteiger partial charge in [-0.25, -0.2) is 9.38 Å². The van der Waals surface area contributed by atoms with Crippen LogP contribution in [-0.4, -0.2) is 33.4 Å². The normalized spacial score (nSPS) is 12.5. The molecular formula is C22H27FN6O. The number of nitrogens with zero attached hydrogens (tertiary/aromatic N) is 4. The van der Waals surface area contributed by atoms with Crippen molar-refractivity contribution in [2.45, 2.75) is 33.0 Å². The molecule has 0 aliphatic heterocycles. The lowest BCUT2D eigenvalue weighted by Crippen LogP contribution is -2.42. The number of nitrogens with one attached hydrogen (secondary N) is 2.